The lowest BCUT2D eigenvalue weighted by Gasteiger charge is -2.34. The number of carbonyl (C=O) groups is 2. The van der Waals surface area contributed by atoms with Gasteiger partial charge in [0.25, 0.3) is 0 Å². The third-order valence-electron chi connectivity index (χ3n) is 6.20. The molecule has 0 N–H and O–H groups in total. The maximum absolute atomic E-state index is 13.9. The van der Waals surface area contributed by atoms with Crippen LogP contribution in [0.2, 0.25) is 0 Å². The summed E-state index contributed by atoms with van der Waals surface area (Å²) in [5.41, 5.74) is 1.92. The highest BCUT2D eigenvalue weighted by molar-refractivity contribution is 6.01. The molecule has 0 bridgehead atoms. The van der Waals surface area contributed by atoms with Gasteiger partial charge in [0.05, 0.1) is 12.1 Å². The number of carbonyl (C=O) groups excluding carboxylic acids is 2. The molecule has 3 aromatic rings. The molecule has 0 unspecified atom stereocenters. The lowest BCUT2D eigenvalue weighted by Crippen LogP contribution is -2.39. The Labute approximate surface area is 207 Å². The molecule has 0 spiro atoms. The Morgan fingerprint density at radius 1 is 0.714 bits per heavy atom. The van der Waals surface area contributed by atoms with Crippen molar-refractivity contribution in [3.63, 3.8) is 0 Å². The van der Waals surface area contributed by atoms with Gasteiger partial charge < -0.3 is 4.90 Å². The fourth-order valence-electron chi connectivity index (χ4n) is 4.61. The Morgan fingerprint density at radius 3 is 1.57 bits per heavy atom. The van der Waals surface area contributed by atoms with Crippen molar-refractivity contribution in [1.29, 1.82) is 10.5 Å². The number of nitriles is 2. The van der Waals surface area contributed by atoms with Crippen LogP contribution in [-0.4, -0.2) is 37.1 Å². The Hall–Kier alpha value is -4.06. The number of benzene rings is 3. The number of Topliss-reactive ketones (excluding diaryl/α,β-unsaturated/α-hetero) is 2. The van der Waals surface area contributed by atoms with Crippen LogP contribution in [0.1, 0.15) is 38.6 Å². The van der Waals surface area contributed by atoms with Crippen molar-refractivity contribution in [3.05, 3.63) is 108 Å². The Kier molecular flexibility index (Phi) is 9.07. The summed E-state index contributed by atoms with van der Waals surface area (Å²) in [6, 6.07) is 31.5. The van der Waals surface area contributed by atoms with Gasteiger partial charge >= 0.3 is 0 Å². The average molecular weight is 464 g/mol. The van der Waals surface area contributed by atoms with Crippen molar-refractivity contribution >= 4 is 11.6 Å². The van der Waals surface area contributed by atoms with Crippen molar-refractivity contribution in [2.45, 2.75) is 12.3 Å². The quantitative estimate of drug-likeness (QED) is 0.356. The van der Waals surface area contributed by atoms with Gasteiger partial charge in [-0.1, -0.05) is 91.0 Å². The van der Waals surface area contributed by atoms with Gasteiger partial charge in [0.2, 0.25) is 0 Å². The van der Waals surface area contributed by atoms with E-state index in [-0.39, 0.29) is 18.0 Å². The maximum atomic E-state index is 13.9. The third-order valence-corrected chi connectivity index (χ3v) is 6.20. The van der Waals surface area contributed by atoms with E-state index in [1.807, 2.05) is 85.7 Å². The predicted molar refractivity (Wildman–Crippen MR) is 136 cm³/mol. The molecular weight excluding hydrogens is 434 g/mol. The normalized spacial score (nSPS) is 13.4. The number of hydrogen-bond donors (Lipinski definition) is 0. The van der Waals surface area contributed by atoms with Gasteiger partial charge in [-0.2, -0.15) is 10.5 Å². The lowest BCUT2D eigenvalue weighted by molar-refractivity contribution is 0.0776. The first-order chi connectivity index (χ1) is 17.0. The van der Waals surface area contributed by atoms with E-state index in [0.717, 1.165) is 5.56 Å². The van der Waals surface area contributed by atoms with Crippen LogP contribution in [-0.2, 0) is 0 Å². The molecule has 0 aromatic heterocycles. The molecule has 0 aliphatic heterocycles. The Morgan fingerprint density at radius 2 is 1.14 bits per heavy atom. The molecule has 0 heterocycles. The van der Waals surface area contributed by atoms with Crippen LogP contribution in [0.3, 0.4) is 0 Å². The largest absolute Gasteiger partial charge is 0.309 e. The SMILES string of the molecule is CN(C)C[C@H](C(=O)c1ccccc1)[C@H](c1ccccc1)[C@H](CC(C#N)C#N)C(=O)c1ccccc1. The minimum atomic E-state index is -0.967. The number of rotatable bonds is 11. The van der Waals surface area contributed by atoms with E-state index in [4.69, 9.17) is 0 Å². The predicted octanol–water partition coefficient (Wildman–Crippen LogP) is 5.38. The molecule has 176 valence electrons. The van der Waals surface area contributed by atoms with Gasteiger partial charge in [-0.15, -0.1) is 0 Å². The molecule has 0 fully saturated rings. The number of nitrogens with zero attached hydrogens (tertiary/aromatic N) is 3. The highest BCUT2D eigenvalue weighted by Gasteiger charge is 2.40. The first kappa shape index (κ1) is 25.6. The van der Waals surface area contributed by atoms with Crippen LogP contribution >= 0.6 is 0 Å². The molecule has 3 aromatic carbocycles. The first-order valence-electron chi connectivity index (χ1n) is 11.6. The van der Waals surface area contributed by atoms with Gasteiger partial charge in [0, 0.05) is 35.4 Å². The van der Waals surface area contributed by atoms with Crippen LogP contribution in [0.25, 0.3) is 0 Å². The topological polar surface area (TPSA) is 85.0 Å². The van der Waals surface area contributed by atoms with E-state index < -0.39 is 23.7 Å². The van der Waals surface area contributed by atoms with Crippen molar-refractivity contribution in [2.24, 2.45) is 17.8 Å². The molecule has 5 nitrogen and oxygen atoms in total. The van der Waals surface area contributed by atoms with Gasteiger partial charge in [-0.25, -0.2) is 0 Å². The zero-order valence-corrected chi connectivity index (χ0v) is 20.0. The fraction of sp³-hybridized carbons (Fsp3) is 0.267. The second kappa shape index (κ2) is 12.4. The van der Waals surface area contributed by atoms with Crippen molar-refractivity contribution in [2.75, 3.05) is 20.6 Å². The first-order valence-corrected chi connectivity index (χ1v) is 11.6. The van der Waals surface area contributed by atoms with Crippen molar-refractivity contribution in [1.82, 2.24) is 4.90 Å². The molecular formula is C30H29N3O2. The summed E-state index contributed by atoms with van der Waals surface area (Å²) in [5, 5.41) is 19.2. The smallest absolute Gasteiger partial charge is 0.167 e. The van der Waals surface area contributed by atoms with E-state index in [0.29, 0.717) is 17.7 Å². The molecule has 5 heteroatoms. The van der Waals surface area contributed by atoms with E-state index in [1.54, 1.807) is 36.4 Å². The molecule has 0 radical (unpaired) electrons. The standard InChI is InChI=1S/C30H29N3O2/c1-33(2)21-27(30(35)25-16-10-5-11-17-25)28(23-12-6-3-7-13-23)26(18-22(19-31)20-32)29(34)24-14-8-4-9-15-24/h3-17,22,26-28H,18,21H2,1-2H3/t26-,27-,28+/m0/s1. The molecule has 0 aliphatic carbocycles. The summed E-state index contributed by atoms with van der Waals surface area (Å²) in [6.07, 6.45) is 0.0479. The summed E-state index contributed by atoms with van der Waals surface area (Å²) < 4.78 is 0. The van der Waals surface area contributed by atoms with Crippen LogP contribution in [0.5, 0.6) is 0 Å². The monoisotopic (exact) mass is 463 g/mol. The maximum Gasteiger partial charge on any atom is 0.167 e. The Bertz CT molecular complexity index is 1180. The van der Waals surface area contributed by atoms with E-state index in [9.17, 15) is 20.1 Å². The molecule has 0 saturated carbocycles. The second-order valence-corrected chi connectivity index (χ2v) is 8.92. The van der Waals surface area contributed by atoms with Crippen LogP contribution < -0.4 is 0 Å². The summed E-state index contributed by atoms with van der Waals surface area (Å²) in [6.45, 7) is 0.412. The van der Waals surface area contributed by atoms with Gasteiger partial charge in [-0.3, -0.25) is 9.59 Å². The summed E-state index contributed by atoms with van der Waals surface area (Å²) in [5.74, 6) is -3.02. The average Bonchev–Trinajstić information content (AvgIpc) is 2.90. The molecule has 3 rings (SSSR count). The second-order valence-electron chi connectivity index (χ2n) is 8.92. The van der Waals surface area contributed by atoms with Gasteiger partial charge in [0.15, 0.2) is 11.6 Å². The van der Waals surface area contributed by atoms with E-state index >= 15 is 0 Å². The molecule has 0 saturated heterocycles. The van der Waals surface area contributed by atoms with Crippen LogP contribution in [0.15, 0.2) is 91.0 Å². The van der Waals surface area contributed by atoms with Crippen molar-refractivity contribution in [3.8, 4) is 12.1 Å². The number of hydrogen-bond acceptors (Lipinski definition) is 5. The van der Waals surface area contributed by atoms with Gasteiger partial charge in [0.1, 0.15) is 5.92 Å². The van der Waals surface area contributed by atoms with Crippen LogP contribution in [0.4, 0.5) is 0 Å². The zero-order chi connectivity index (χ0) is 25.2. The lowest BCUT2D eigenvalue weighted by atomic mass is 9.68. The van der Waals surface area contributed by atoms with Gasteiger partial charge in [-0.05, 0) is 26.1 Å². The summed E-state index contributed by atoms with van der Waals surface area (Å²) >= 11 is 0. The minimum absolute atomic E-state index is 0.0479. The molecule has 0 aliphatic rings. The van der Waals surface area contributed by atoms with E-state index in [1.165, 1.54) is 0 Å². The van der Waals surface area contributed by atoms with Crippen molar-refractivity contribution < 1.29 is 9.59 Å². The van der Waals surface area contributed by atoms with E-state index in [2.05, 4.69) is 0 Å². The zero-order valence-electron chi connectivity index (χ0n) is 20.0. The Balaban J connectivity index is 2.20. The fourth-order valence-corrected chi connectivity index (χ4v) is 4.61. The molecule has 0 amide bonds. The highest BCUT2D eigenvalue weighted by Crippen LogP contribution is 2.40. The minimum Gasteiger partial charge on any atom is -0.309 e. The third kappa shape index (κ3) is 6.51. The summed E-state index contributed by atoms with van der Waals surface area (Å²) in [4.78, 5) is 29.8. The molecule has 3 atom stereocenters. The summed E-state index contributed by atoms with van der Waals surface area (Å²) in [7, 11) is 3.80. The molecule has 35 heavy (non-hydrogen) atoms. The van der Waals surface area contributed by atoms with Crippen LogP contribution in [0, 0.1) is 40.4 Å². The highest BCUT2D eigenvalue weighted by atomic mass is 16.1. The number of ketones is 2.